The van der Waals surface area contributed by atoms with Crippen LogP contribution < -0.4 is 14.4 Å². The Morgan fingerprint density at radius 2 is 1.71 bits per heavy atom. The highest BCUT2D eigenvalue weighted by atomic mass is 16.5. The molecule has 0 N–H and O–H groups in total. The molecule has 1 fully saturated rings. The number of anilines is 1. The minimum absolute atomic E-state index is 0.0236. The molecule has 7 nitrogen and oxygen atoms in total. The molecule has 0 saturated carbocycles. The molecule has 1 saturated heterocycles. The zero-order chi connectivity index (χ0) is 21.6. The number of ether oxygens (including phenoxy) is 2. The number of piperazine rings is 1. The minimum atomic E-state index is 0.0236. The van der Waals surface area contributed by atoms with Crippen molar-refractivity contribution in [3.05, 3.63) is 66.2 Å². The summed E-state index contributed by atoms with van der Waals surface area (Å²) in [7, 11) is 1.60. The maximum absolute atomic E-state index is 12.8. The molecule has 0 aliphatic carbocycles. The average molecular weight is 418 g/mol. The third-order valence-corrected chi connectivity index (χ3v) is 5.32. The van der Waals surface area contributed by atoms with E-state index in [2.05, 4.69) is 15.1 Å². The fourth-order valence-corrected chi connectivity index (χ4v) is 3.61. The van der Waals surface area contributed by atoms with Gasteiger partial charge in [0.05, 0.1) is 19.4 Å². The third-order valence-electron chi connectivity index (χ3n) is 5.32. The van der Waals surface area contributed by atoms with Gasteiger partial charge < -0.3 is 19.3 Å². The van der Waals surface area contributed by atoms with Gasteiger partial charge >= 0.3 is 0 Å². The number of methoxy groups -OCH3 is 1. The summed E-state index contributed by atoms with van der Waals surface area (Å²) in [6.45, 7) is 5.31. The van der Waals surface area contributed by atoms with E-state index in [-0.39, 0.29) is 5.91 Å². The summed E-state index contributed by atoms with van der Waals surface area (Å²) in [4.78, 5) is 16.8. The third kappa shape index (κ3) is 4.77. The SMILES string of the molecule is CCOc1ccc(-c2ccc(N3CCN(C(=O)c4cccc(OC)c4)CC3)nn2)cc1. The van der Waals surface area contributed by atoms with E-state index in [0.29, 0.717) is 44.1 Å². The molecule has 2 aromatic carbocycles. The summed E-state index contributed by atoms with van der Waals surface area (Å²) >= 11 is 0. The molecule has 31 heavy (non-hydrogen) atoms. The Bertz CT molecular complexity index is 1010. The van der Waals surface area contributed by atoms with Crippen molar-refractivity contribution in [3.63, 3.8) is 0 Å². The molecule has 2 heterocycles. The number of hydrogen-bond donors (Lipinski definition) is 0. The van der Waals surface area contributed by atoms with Crippen molar-refractivity contribution in [1.29, 1.82) is 0 Å². The van der Waals surface area contributed by atoms with Crippen molar-refractivity contribution < 1.29 is 14.3 Å². The molecular weight excluding hydrogens is 392 g/mol. The topological polar surface area (TPSA) is 67.8 Å². The first-order chi connectivity index (χ1) is 15.2. The molecule has 1 amide bonds. The van der Waals surface area contributed by atoms with Gasteiger partial charge in [0.2, 0.25) is 0 Å². The summed E-state index contributed by atoms with van der Waals surface area (Å²) < 4.78 is 10.7. The zero-order valence-electron chi connectivity index (χ0n) is 17.8. The minimum Gasteiger partial charge on any atom is -0.497 e. The molecule has 3 aromatic rings. The van der Waals surface area contributed by atoms with Gasteiger partial charge in [-0.3, -0.25) is 4.79 Å². The van der Waals surface area contributed by atoms with Crippen LogP contribution >= 0.6 is 0 Å². The van der Waals surface area contributed by atoms with Crippen LogP contribution in [0, 0.1) is 0 Å². The van der Waals surface area contributed by atoms with E-state index in [0.717, 1.165) is 22.8 Å². The second-order valence-electron chi connectivity index (χ2n) is 7.25. The van der Waals surface area contributed by atoms with Crippen LogP contribution in [0.2, 0.25) is 0 Å². The Balaban J connectivity index is 1.37. The van der Waals surface area contributed by atoms with Gasteiger partial charge in [0.25, 0.3) is 5.91 Å². The van der Waals surface area contributed by atoms with Crippen LogP contribution in [0.25, 0.3) is 11.3 Å². The highest BCUT2D eigenvalue weighted by molar-refractivity contribution is 5.94. The molecule has 0 spiro atoms. The molecule has 0 atom stereocenters. The maximum Gasteiger partial charge on any atom is 0.254 e. The number of carbonyl (C=O) groups excluding carboxylic acids is 1. The van der Waals surface area contributed by atoms with Crippen LogP contribution in [-0.2, 0) is 0 Å². The van der Waals surface area contributed by atoms with Crippen LogP contribution in [-0.4, -0.2) is 60.9 Å². The number of nitrogens with zero attached hydrogens (tertiary/aromatic N) is 4. The summed E-state index contributed by atoms with van der Waals surface area (Å²) in [6, 6.07) is 19.1. The van der Waals surface area contributed by atoms with Gasteiger partial charge in [-0.05, 0) is 61.5 Å². The first kappa shape index (κ1) is 20.7. The smallest absolute Gasteiger partial charge is 0.254 e. The lowest BCUT2D eigenvalue weighted by Gasteiger charge is -2.35. The van der Waals surface area contributed by atoms with Crippen molar-refractivity contribution in [2.45, 2.75) is 6.92 Å². The first-order valence-corrected chi connectivity index (χ1v) is 10.4. The van der Waals surface area contributed by atoms with Crippen LogP contribution in [0.15, 0.2) is 60.7 Å². The van der Waals surface area contributed by atoms with Crippen molar-refractivity contribution >= 4 is 11.7 Å². The monoisotopic (exact) mass is 418 g/mol. The predicted molar refractivity (Wildman–Crippen MR) is 120 cm³/mol. The number of hydrogen-bond acceptors (Lipinski definition) is 6. The highest BCUT2D eigenvalue weighted by Gasteiger charge is 2.23. The number of carbonyl (C=O) groups is 1. The Hall–Kier alpha value is -3.61. The van der Waals surface area contributed by atoms with Gasteiger partial charge in [-0.2, -0.15) is 0 Å². The Morgan fingerprint density at radius 1 is 0.935 bits per heavy atom. The second-order valence-corrected chi connectivity index (χ2v) is 7.25. The number of rotatable bonds is 6. The van der Waals surface area contributed by atoms with Gasteiger partial charge in [-0.15, -0.1) is 10.2 Å². The van der Waals surface area contributed by atoms with Crippen molar-refractivity contribution in [2.75, 3.05) is 44.8 Å². The van der Waals surface area contributed by atoms with E-state index in [9.17, 15) is 4.79 Å². The first-order valence-electron chi connectivity index (χ1n) is 10.4. The van der Waals surface area contributed by atoms with E-state index in [1.165, 1.54) is 0 Å². The summed E-state index contributed by atoms with van der Waals surface area (Å²) in [5.41, 5.74) is 2.46. The van der Waals surface area contributed by atoms with E-state index in [1.54, 1.807) is 13.2 Å². The fourth-order valence-electron chi connectivity index (χ4n) is 3.61. The summed E-state index contributed by atoms with van der Waals surface area (Å²) in [5, 5.41) is 8.81. The van der Waals surface area contributed by atoms with Gasteiger partial charge in [0, 0.05) is 37.3 Å². The molecule has 0 unspecified atom stereocenters. The Morgan fingerprint density at radius 3 is 2.35 bits per heavy atom. The summed E-state index contributed by atoms with van der Waals surface area (Å²) in [5.74, 6) is 2.38. The highest BCUT2D eigenvalue weighted by Crippen LogP contribution is 2.22. The molecule has 1 aromatic heterocycles. The van der Waals surface area contributed by atoms with Gasteiger partial charge in [-0.1, -0.05) is 6.07 Å². The molecule has 4 rings (SSSR count). The zero-order valence-corrected chi connectivity index (χ0v) is 17.8. The normalized spacial score (nSPS) is 13.7. The predicted octanol–water partition coefficient (Wildman–Crippen LogP) is 3.51. The van der Waals surface area contributed by atoms with Crippen LogP contribution in [0.5, 0.6) is 11.5 Å². The summed E-state index contributed by atoms with van der Waals surface area (Å²) in [6.07, 6.45) is 0. The Kier molecular flexibility index (Phi) is 6.31. The standard InChI is InChI=1S/C24H26N4O3/c1-3-31-20-9-7-18(8-10-20)22-11-12-23(26-25-22)27-13-15-28(16-14-27)24(29)19-5-4-6-21(17-19)30-2/h4-12,17H,3,13-16H2,1-2H3. The lowest BCUT2D eigenvalue weighted by atomic mass is 10.1. The van der Waals surface area contributed by atoms with Crippen molar-refractivity contribution in [2.24, 2.45) is 0 Å². The van der Waals surface area contributed by atoms with Gasteiger partial charge in [0.15, 0.2) is 5.82 Å². The average Bonchev–Trinajstić information content (AvgIpc) is 2.84. The molecule has 160 valence electrons. The molecule has 1 aliphatic heterocycles. The van der Waals surface area contributed by atoms with Crippen LogP contribution in [0.1, 0.15) is 17.3 Å². The van der Waals surface area contributed by atoms with E-state index in [4.69, 9.17) is 9.47 Å². The molecule has 0 bridgehead atoms. The largest absolute Gasteiger partial charge is 0.497 e. The van der Waals surface area contributed by atoms with Crippen molar-refractivity contribution in [3.8, 4) is 22.8 Å². The van der Waals surface area contributed by atoms with Crippen molar-refractivity contribution in [1.82, 2.24) is 15.1 Å². The lowest BCUT2D eigenvalue weighted by molar-refractivity contribution is 0.0746. The quantitative estimate of drug-likeness (QED) is 0.610. The number of amides is 1. The second kappa shape index (κ2) is 9.47. The fraction of sp³-hybridized carbons (Fsp3) is 0.292. The lowest BCUT2D eigenvalue weighted by Crippen LogP contribution is -2.49. The van der Waals surface area contributed by atoms with Gasteiger partial charge in [0.1, 0.15) is 11.5 Å². The molecular formula is C24H26N4O3. The van der Waals surface area contributed by atoms with E-state index >= 15 is 0 Å². The molecule has 0 radical (unpaired) electrons. The van der Waals surface area contributed by atoms with E-state index < -0.39 is 0 Å². The Labute approximate surface area is 182 Å². The molecule has 1 aliphatic rings. The number of aromatic nitrogens is 2. The molecule has 7 heteroatoms. The number of benzene rings is 2. The van der Waals surface area contributed by atoms with Crippen LogP contribution in [0.3, 0.4) is 0 Å². The van der Waals surface area contributed by atoms with Gasteiger partial charge in [-0.25, -0.2) is 0 Å². The maximum atomic E-state index is 12.8. The van der Waals surface area contributed by atoms with E-state index in [1.807, 2.05) is 66.4 Å². The van der Waals surface area contributed by atoms with Crippen LogP contribution in [0.4, 0.5) is 5.82 Å².